The molecule has 0 saturated carbocycles. The third-order valence-corrected chi connectivity index (χ3v) is 2.76. The van der Waals surface area contributed by atoms with Gasteiger partial charge in [0.25, 0.3) is 0 Å². The standard InChI is InChI=1S/C10H12N2O5/c13-7-3-1-5(11-7)9(15)17-10(16)6-2-4-8(14)12-6/h5-6H,1-4H2,(H,11,13)(H,12,14). The van der Waals surface area contributed by atoms with Gasteiger partial charge < -0.3 is 15.4 Å². The Morgan fingerprint density at radius 1 is 0.941 bits per heavy atom. The van der Waals surface area contributed by atoms with Crippen molar-refractivity contribution < 1.29 is 23.9 Å². The van der Waals surface area contributed by atoms with Gasteiger partial charge in [-0.25, -0.2) is 9.59 Å². The van der Waals surface area contributed by atoms with Crippen molar-refractivity contribution in [3.63, 3.8) is 0 Å². The van der Waals surface area contributed by atoms with Gasteiger partial charge in [0.15, 0.2) is 0 Å². The van der Waals surface area contributed by atoms with Gasteiger partial charge in [-0.15, -0.1) is 0 Å². The third kappa shape index (κ3) is 2.61. The first-order chi connectivity index (χ1) is 8.06. The second-order valence-corrected chi connectivity index (χ2v) is 4.06. The van der Waals surface area contributed by atoms with Crippen LogP contribution in [0.5, 0.6) is 0 Å². The van der Waals surface area contributed by atoms with Crippen molar-refractivity contribution in [2.24, 2.45) is 0 Å². The summed E-state index contributed by atoms with van der Waals surface area (Å²) in [6.07, 6.45) is 1.19. The number of hydrogen-bond donors (Lipinski definition) is 2. The van der Waals surface area contributed by atoms with Crippen molar-refractivity contribution in [3.8, 4) is 0 Å². The number of carbonyl (C=O) groups is 4. The molecule has 17 heavy (non-hydrogen) atoms. The molecule has 2 atom stereocenters. The molecular formula is C10H12N2O5. The van der Waals surface area contributed by atoms with Gasteiger partial charge in [-0.2, -0.15) is 0 Å². The monoisotopic (exact) mass is 240 g/mol. The molecule has 2 aliphatic rings. The second-order valence-electron chi connectivity index (χ2n) is 4.06. The smallest absolute Gasteiger partial charge is 0.336 e. The molecule has 0 radical (unpaired) electrons. The van der Waals surface area contributed by atoms with Gasteiger partial charge in [0, 0.05) is 12.8 Å². The third-order valence-electron chi connectivity index (χ3n) is 2.76. The lowest BCUT2D eigenvalue weighted by molar-refractivity contribution is -0.162. The van der Waals surface area contributed by atoms with E-state index in [2.05, 4.69) is 15.4 Å². The Morgan fingerprint density at radius 3 is 1.65 bits per heavy atom. The Kier molecular flexibility index (Phi) is 3.08. The Bertz CT molecular complexity index is 356. The SMILES string of the molecule is O=C1CCC(C(=O)OC(=O)C2CCC(=O)N2)N1. The van der Waals surface area contributed by atoms with Gasteiger partial charge in [0.1, 0.15) is 12.1 Å². The molecule has 0 aromatic heterocycles. The van der Waals surface area contributed by atoms with E-state index in [9.17, 15) is 19.2 Å². The van der Waals surface area contributed by atoms with Crippen LogP contribution in [0.1, 0.15) is 25.7 Å². The first kappa shape index (κ1) is 11.6. The minimum Gasteiger partial charge on any atom is -0.390 e. The van der Waals surface area contributed by atoms with E-state index in [0.717, 1.165) is 0 Å². The van der Waals surface area contributed by atoms with Crippen LogP contribution in [0.4, 0.5) is 0 Å². The van der Waals surface area contributed by atoms with Gasteiger partial charge in [0.2, 0.25) is 11.8 Å². The Hall–Kier alpha value is -1.92. The number of ether oxygens (including phenoxy) is 1. The minimum atomic E-state index is -0.762. The molecule has 2 rings (SSSR count). The molecule has 0 aromatic rings. The summed E-state index contributed by atoms with van der Waals surface area (Å²) in [6, 6.07) is -1.49. The van der Waals surface area contributed by atoms with E-state index >= 15 is 0 Å². The van der Waals surface area contributed by atoms with Crippen LogP contribution in [-0.2, 0) is 23.9 Å². The molecule has 2 N–H and O–H groups in total. The van der Waals surface area contributed by atoms with Gasteiger partial charge in [-0.3, -0.25) is 9.59 Å². The lowest BCUT2D eigenvalue weighted by atomic mass is 10.2. The number of carbonyl (C=O) groups excluding carboxylic acids is 4. The molecule has 2 unspecified atom stereocenters. The van der Waals surface area contributed by atoms with Crippen LogP contribution in [0.15, 0.2) is 0 Å². The number of esters is 2. The normalized spacial score (nSPS) is 27.5. The zero-order valence-corrected chi connectivity index (χ0v) is 9.02. The van der Waals surface area contributed by atoms with E-state index in [1.165, 1.54) is 0 Å². The Balaban J connectivity index is 1.84. The average molecular weight is 240 g/mol. The first-order valence-corrected chi connectivity index (χ1v) is 5.40. The zero-order valence-electron chi connectivity index (χ0n) is 9.02. The maximum absolute atomic E-state index is 11.5. The fourth-order valence-electron chi connectivity index (χ4n) is 1.82. The van der Waals surface area contributed by atoms with E-state index in [1.807, 2.05) is 0 Å². The zero-order chi connectivity index (χ0) is 12.4. The van der Waals surface area contributed by atoms with Gasteiger partial charge in [-0.05, 0) is 12.8 Å². The molecule has 92 valence electrons. The molecule has 7 heteroatoms. The van der Waals surface area contributed by atoms with Gasteiger partial charge in [-0.1, -0.05) is 0 Å². The highest BCUT2D eigenvalue weighted by Crippen LogP contribution is 2.11. The van der Waals surface area contributed by atoms with Gasteiger partial charge >= 0.3 is 11.9 Å². The van der Waals surface area contributed by atoms with Gasteiger partial charge in [0.05, 0.1) is 0 Å². The predicted molar refractivity (Wildman–Crippen MR) is 53.4 cm³/mol. The highest BCUT2D eigenvalue weighted by atomic mass is 16.6. The summed E-state index contributed by atoms with van der Waals surface area (Å²) in [5.41, 5.74) is 0. The summed E-state index contributed by atoms with van der Waals surface area (Å²) in [5.74, 6) is -1.98. The molecule has 0 aliphatic carbocycles. The molecule has 2 saturated heterocycles. The number of rotatable bonds is 2. The van der Waals surface area contributed by atoms with Crippen LogP contribution in [0.25, 0.3) is 0 Å². The van der Waals surface area contributed by atoms with Crippen LogP contribution in [0.2, 0.25) is 0 Å². The van der Waals surface area contributed by atoms with E-state index in [0.29, 0.717) is 12.8 Å². The van der Waals surface area contributed by atoms with E-state index in [-0.39, 0.29) is 24.7 Å². The van der Waals surface area contributed by atoms with Crippen molar-refractivity contribution in [2.75, 3.05) is 0 Å². The fourth-order valence-corrected chi connectivity index (χ4v) is 1.82. The van der Waals surface area contributed by atoms with E-state index < -0.39 is 24.0 Å². The lowest BCUT2D eigenvalue weighted by Crippen LogP contribution is -2.40. The van der Waals surface area contributed by atoms with Crippen molar-refractivity contribution in [1.82, 2.24) is 10.6 Å². The summed E-state index contributed by atoms with van der Waals surface area (Å²) < 4.78 is 4.61. The van der Waals surface area contributed by atoms with Crippen molar-refractivity contribution in [3.05, 3.63) is 0 Å². The molecule has 2 heterocycles. The summed E-state index contributed by atoms with van der Waals surface area (Å²) in [6.45, 7) is 0. The maximum atomic E-state index is 11.5. The van der Waals surface area contributed by atoms with Crippen LogP contribution < -0.4 is 10.6 Å². The summed E-state index contributed by atoms with van der Waals surface area (Å²) in [4.78, 5) is 44.7. The largest absolute Gasteiger partial charge is 0.390 e. The molecule has 0 aromatic carbocycles. The maximum Gasteiger partial charge on any atom is 0.336 e. The molecule has 7 nitrogen and oxygen atoms in total. The Labute approximate surface area is 96.9 Å². The molecule has 2 aliphatic heterocycles. The minimum absolute atomic E-state index is 0.228. The molecule has 0 spiro atoms. The highest BCUT2D eigenvalue weighted by molar-refractivity contribution is 5.96. The Morgan fingerprint density at radius 2 is 1.35 bits per heavy atom. The number of nitrogens with one attached hydrogen (secondary N) is 2. The highest BCUT2D eigenvalue weighted by Gasteiger charge is 2.34. The fraction of sp³-hybridized carbons (Fsp3) is 0.600. The van der Waals surface area contributed by atoms with Crippen molar-refractivity contribution in [2.45, 2.75) is 37.8 Å². The topological polar surface area (TPSA) is 102 Å². The summed E-state index contributed by atoms with van der Waals surface area (Å²) >= 11 is 0. The molecule has 2 fully saturated rings. The van der Waals surface area contributed by atoms with Crippen molar-refractivity contribution >= 4 is 23.8 Å². The van der Waals surface area contributed by atoms with Crippen LogP contribution in [-0.4, -0.2) is 35.8 Å². The van der Waals surface area contributed by atoms with Crippen LogP contribution in [0, 0.1) is 0 Å². The number of hydrogen-bond acceptors (Lipinski definition) is 5. The summed E-state index contributed by atoms with van der Waals surface area (Å²) in [7, 11) is 0. The molecule has 0 bridgehead atoms. The summed E-state index contributed by atoms with van der Waals surface area (Å²) in [5, 5.41) is 4.81. The lowest BCUT2D eigenvalue weighted by Gasteiger charge is -2.11. The quantitative estimate of drug-likeness (QED) is 0.457. The van der Waals surface area contributed by atoms with Crippen molar-refractivity contribution in [1.29, 1.82) is 0 Å². The van der Waals surface area contributed by atoms with E-state index in [1.54, 1.807) is 0 Å². The van der Waals surface area contributed by atoms with Crippen LogP contribution >= 0.6 is 0 Å². The second kappa shape index (κ2) is 4.52. The first-order valence-electron chi connectivity index (χ1n) is 5.40. The predicted octanol–water partition coefficient (Wildman–Crippen LogP) is -1.39. The van der Waals surface area contributed by atoms with Crippen LogP contribution in [0.3, 0.4) is 0 Å². The number of amides is 2. The average Bonchev–Trinajstić information content (AvgIpc) is 2.87. The molecular weight excluding hydrogens is 228 g/mol. The van der Waals surface area contributed by atoms with E-state index in [4.69, 9.17) is 0 Å². The molecule has 2 amide bonds.